The van der Waals surface area contributed by atoms with Crippen LogP contribution in [0.25, 0.3) is 0 Å². The van der Waals surface area contributed by atoms with Gasteiger partial charge >= 0.3 is 7.25 Å². The van der Waals surface area contributed by atoms with Crippen molar-refractivity contribution in [2.45, 2.75) is 51.9 Å². The smallest absolute Gasteiger partial charge is 0.418 e. The monoisotopic (exact) mass is 276 g/mol. The van der Waals surface area contributed by atoms with Gasteiger partial charge in [0.1, 0.15) is 0 Å². The summed E-state index contributed by atoms with van der Waals surface area (Å²) in [5.74, 6) is 0. The molecule has 0 nitrogen and oxygen atoms in total. The second kappa shape index (κ2) is 10.9. The minimum atomic E-state index is -6.00. The van der Waals surface area contributed by atoms with E-state index in [2.05, 4.69) is 25.1 Å². The molecule has 19 heavy (non-hydrogen) atoms. The molecule has 0 saturated carbocycles. The topological polar surface area (TPSA) is 0 Å². The first-order valence-electron chi connectivity index (χ1n) is 6.75. The molecule has 109 valence electrons. The fourth-order valence-corrected chi connectivity index (χ4v) is 1.70. The highest BCUT2D eigenvalue weighted by atomic mass is 19.5. The maximum absolute atomic E-state index is 9.75. The quantitative estimate of drug-likeness (QED) is 0.341. The summed E-state index contributed by atoms with van der Waals surface area (Å²) in [6.45, 7) is 2.26. The fourth-order valence-electron chi connectivity index (χ4n) is 1.70. The second-order valence-electron chi connectivity index (χ2n) is 4.42. The minimum Gasteiger partial charge on any atom is -0.418 e. The van der Waals surface area contributed by atoms with Crippen molar-refractivity contribution in [3.8, 4) is 0 Å². The molecule has 5 heteroatoms. The molecule has 0 atom stereocenters. The lowest BCUT2D eigenvalue weighted by Gasteiger charge is -2.01. The van der Waals surface area contributed by atoms with Gasteiger partial charge in [-0.25, -0.2) is 0 Å². The van der Waals surface area contributed by atoms with E-state index in [0.29, 0.717) is 0 Å². The SMILES string of the molecule is CCCCCCCCc1cc[c]cc1.F[B-](F)(F)F. The van der Waals surface area contributed by atoms with Crippen LogP contribution in [0.4, 0.5) is 17.3 Å². The Bertz CT molecular complexity index is 292. The number of aryl methyl sites for hydroxylation is 1. The van der Waals surface area contributed by atoms with Crippen LogP contribution in [0.3, 0.4) is 0 Å². The predicted molar refractivity (Wildman–Crippen MR) is 72.5 cm³/mol. The molecule has 1 rings (SSSR count). The van der Waals surface area contributed by atoms with E-state index in [4.69, 9.17) is 0 Å². The zero-order valence-electron chi connectivity index (χ0n) is 11.3. The van der Waals surface area contributed by atoms with Gasteiger partial charge in [-0.05, 0) is 24.5 Å². The van der Waals surface area contributed by atoms with Crippen LogP contribution >= 0.6 is 0 Å². The highest BCUT2D eigenvalue weighted by molar-refractivity contribution is 6.50. The van der Waals surface area contributed by atoms with Crippen molar-refractivity contribution in [3.63, 3.8) is 0 Å². The van der Waals surface area contributed by atoms with Crippen molar-refractivity contribution in [3.05, 3.63) is 35.9 Å². The molecule has 0 aliphatic rings. The molecule has 0 fully saturated rings. The van der Waals surface area contributed by atoms with Crippen LogP contribution < -0.4 is 0 Å². The lowest BCUT2D eigenvalue weighted by atomic mass is 10.1. The van der Waals surface area contributed by atoms with Gasteiger partial charge in [-0.15, -0.1) is 0 Å². The normalized spacial score (nSPS) is 10.8. The zero-order valence-corrected chi connectivity index (χ0v) is 11.3. The van der Waals surface area contributed by atoms with Gasteiger partial charge in [0, 0.05) is 0 Å². The molecule has 1 aromatic rings. The van der Waals surface area contributed by atoms with E-state index < -0.39 is 7.25 Å². The van der Waals surface area contributed by atoms with E-state index in [1.165, 1.54) is 50.5 Å². The van der Waals surface area contributed by atoms with Crippen molar-refractivity contribution in [2.24, 2.45) is 0 Å². The van der Waals surface area contributed by atoms with E-state index in [9.17, 15) is 17.3 Å². The molecule has 0 spiro atoms. The molecule has 0 aliphatic heterocycles. The van der Waals surface area contributed by atoms with Gasteiger partial charge in [0.05, 0.1) is 0 Å². The van der Waals surface area contributed by atoms with Gasteiger partial charge < -0.3 is 17.3 Å². The van der Waals surface area contributed by atoms with Crippen molar-refractivity contribution in [1.29, 1.82) is 0 Å². The van der Waals surface area contributed by atoms with Gasteiger partial charge in [-0.2, -0.15) is 0 Å². The molecule has 0 unspecified atom stereocenters. The Morgan fingerprint density at radius 3 is 1.89 bits per heavy atom. The Hall–Kier alpha value is -0.995. The third-order valence-corrected chi connectivity index (χ3v) is 2.61. The largest absolute Gasteiger partial charge is 0.673 e. The lowest BCUT2D eigenvalue weighted by Crippen LogP contribution is -2.02. The Kier molecular flexibility index (Phi) is 10.3. The van der Waals surface area contributed by atoms with E-state index in [0.717, 1.165) is 0 Å². The maximum atomic E-state index is 9.75. The molecule has 0 bridgehead atoms. The van der Waals surface area contributed by atoms with Crippen LogP contribution in [-0.4, -0.2) is 7.25 Å². The number of benzene rings is 1. The second-order valence-corrected chi connectivity index (χ2v) is 4.42. The van der Waals surface area contributed by atoms with E-state index in [-0.39, 0.29) is 0 Å². The summed E-state index contributed by atoms with van der Waals surface area (Å²) in [5.41, 5.74) is 1.46. The summed E-state index contributed by atoms with van der Waals surface area (Å²) in [6, 6.07) is 11.4. The van der Waals surface area contributed by atoms with Crippen LogP contribution in [0.1, 0.15) is 51.0 Å². The Balaban J connectivity index is 0.000000555. The van der Waals surface area contributed by atoms with Gasteiger partial charge in [0.25, 0.3) is 0 Å². The van der Waals surface area contributed by atoms with Crippen LogP contribution in [-0.2, 0) is 6.42 Å². The standard InChI is InChI=1S/C14H21.BF4/c1-2-3-4-5-6-8-11-14-12-9-7-10-13-14;2-1(3,4)5/h9-10,12-13H,2-6,8,11H2,1H3;/q;-1. The number of halogens is 4. The molecule has 1 aromatic carbocycles. The first-order chi connectivity index (χ1) is 8.93. The summed E-state index contributed by atoms with van der Waals surface area (Å²) in [6.07, 6.45) is 9.54. The minimum absolute atomic E-state index is 1.24. The molecule has 0 amide bonds. The van der Waals surface area contributed by atoms with Gasteiger partial charge in [0.2, 0.25) is 0 Å². The molecule has 0 saturated heterocycles. The van der Waals surface area contributed by atoms with Crippen molar-refractivity contribution >= 4 is 7.25 Å². The summed E-state index contributed by atoms with van der Waals surface area (Å²) in [5, 5.41) is 0. The van der Waals surface area contributed by atoms with Gasteiger partial charge in [-0.1, -0.05) is 63.3 Å². The van der Waals surface area contributed by atoms with Crippen molar-refractivity contribution in [2.75, 3.05) is 0 Å². The third-order valence-electron chi connectivity index (χ3n) is 2.61. The summed E-state index contributed by atoms with van der Waals surface area (Å²) < 4.78 is 39.0. The Morgan fingerprint density at radius 2 is 1.37 bits per heavy atom. The molecular weight excluding hydrogens is 255 g/mol. The van der Waals surface area contributed by atoms with Crippen LogP contribution in [0.5, 0.6) is 0 Å². The molecule has 0 heterocycles. The summed E-state index contributed by atoms with van der Waals surface area (Å²) in [4.78, 5) is 0. The number of hydrogen-bond acceptors (Lipinski definition) is 0. The van der Waals surface area contributed by atoms with E-state index in [1.54, 1.807) is 0 Å². The first-order valence-corrected chi connectivity index (χ1v) is 6.75. The van der Waals surface area contributed by atoms with Crippen LogP contribution in [0.2, 0.25) is 0 Å². The zero-order chi connectivity index (χ0) is 14.6. The van der Waals surface area contributed by atoms with E-state index >= 15 is 0 Å². The van der Waals surface area contributed by atoms with Crippen LogP contribution in [0.15, 0.2) is 24.3 Å². The van der Waals surface area contributed by atoms with Crippen molar-refractivity contribution < 1.29 is 17.3 Å². The molecule has 1 radical (unpaired) electrons. The average Bonchev–Trinajstić information content (AvgIpc) is 2.33. The molecule has 0 aromatic heterocycles. The average molecular weight is 276 g/mol. The molecular formula is C14H21BF4-. The predicted octanol–water partition coefficient (Wildman–Crippen LogP) is 5.69. The highest BCUT2D eigenvalue weighted by Gasteiger charge is 2.20. The first kappa shape index (κ1) is 18.0. The van der Waals surface area contributed by atoms with Gasteiger partial charge in [-0.3, -0.25) is 0 Å². The highest BCUT2D eigenvalue weighted by Crippen LogP contribution is 2.09. The van der Waals surface area contributed by atoms with E-state index in [1.807, 2.05) is 12.1 Å². The van der Waals surface area contributed by atoms with Crippen molar-refractivity contribution in [1.82, 2.24) is 0 Å². The summed E-state index contributed by atoms with van der Waals surface area (Å²) >= 11 is 0. The fraction of sp³-hybridized carbons (Fsp3) is 0.571. The Labute approximate surface area is 113 Å². The third kappa shape index (κ3) is 17.0. The van der Waals surface area contributed by atoms with Crippen LogP contribution in [0, 0.1) is 6.07 Å². The summed E-state index contributed by atoms with van der Waals surface area (Å²) in [7, 11) is -6.00. The van der Waals surface area contributed by atoms with Gasteiger partial charge in [0.15, 0.2) is 0 Å². The maximum Gasteiger partial charge on any atom is 0.673 e. The molecule has 0 N–H and O–H groups in total. The lowest BCUT2D eigenvalue weighted by molar-refractivity contribution is 0.368. The molecule has 0 aliphatic carbocycles. The Morgan fingerprint density at radius 1 is 0.895 bits per heavy atom. The number of hydrogen-bond donors (Lipinski definition) is 0. The number of unbranched alkanes of at least 4 members (excludes halogenated alkanes) is 5. The number of rotatable bonds is 7.